The number of nitro groups is 1. The summed E-state index contributed by atoms with van der Waals surface area (Å²) in [6, 6.07) is 11.3. The number of imide groups is 1. The largest absolute Gasteiger partial charge is 0.493 e. The number of hydrogen-bond donors (Lipinski definition) is 0. The molecule has 2 aromatic carbocycles. The number of nitrogens with zero attached hydrogens (tertiary/aromatic N) is 3. The van der Waals surface area contributed by atoms with E-state index in [0.717, 1.165) is 17.0 Å². The maximum atomic E-state index is 13.1. The molecule has 0 radical (unpaired) electrons. The van der Waals surface area contributed by atoms with Crippen LogP contribution in [0.5, 0.6) is 11.5 Å². The fraction of sp³-hybridized carbons (Fsp3) is 0.346. The SMILES string of the molecule is COc1cc(/C=N\N2C(=O)[C@@H]3[C@H]4C=C[C@@H]([C@@H]5C[C@H]45)[C@@H]3C2=O)ccc1OCc1ccc([N+](=O)[O-])cc1. The number of hydrazone groups is 1. The summed E-state index contributed by atoms with van der Waals surface area (Å²) < 4.78 is 11.3. The Kier molecular flexibility index (Phi) is 4.94. The molecule has 2 bridgehead atoms. The molecule has 0 N–H and O–H groups in total. The smallest absolute Gasteiger partial charge is 0.269 e. The number of carbonyl (C=O) groups is 2. The van der Waals surface area contributed by atoms with E-state index in [4.69, 9.17) is 9.47 Å². The molecule has 1 heterocycles. The van der Waals surface area contributed by atoms with Gasteiger partial charge < -0.3 is 9.47 Å². The lowest BCUT2D eigenvalue weighted by Gasteiger charge is -2.37. The molecule has 0 unspecified atom stereocenters. The summed E-state index contributed by atoms with van der Waals surface area (Å²) in [4.78, 5) is 36.5. The molecule has 1 saturated heterocycles. The molecule has 178 valence electrons. The zero-order valence-electron chi connectivity index (χ0n) is 18.9. The van der Waals surface area contributed by atoms with Crippen LogP contribution in [0, 0.1) is 45.6 Å². The minimum Gasteiger partial charge on any atom is -0.493 e. The quantitative estimate of drug-likeness (QED) is 0.200. The van der Waals surface area contributed by atoms with Crippen LogP contribution >= 0.6 is 0 Å². The molecule has 9 nitrogen and oxygen atoms in total. The van der Waals surface area contributed by atoms with Gasteiger partial charge in [-0.3, -0.25) is 19.7 Å². The van der Waals surface area contributed by atoms with Crippen molar-refractivity contribution in [2.75, 3.05) is 7.11 Å². The molecule has 0 aromatic heterocycles. The number of amides is 2. The Morgan fingerprint density at radius 1 is 1.03 bits per heavy atom. The number of carbonyl (C=O) groups excluding carboxylic acids is 2. The van der Waals surface area contributed by atoms with E-state index < -0.39 is 4.92 Å². The molecule has 7 rings (SSSR count). The number of rotatable bonds is 7. The first-order valence-corrected chi connectivity index (χ1v) is 11.6. The number of nitro benzene ring substituents is 1. The molecule has 0 spiro atoms. The molecule has 35 heavy (non-hydrogen) atoms. The third-order valence-electron chi connectivity index (χ3n) is 7.69. The zero-order valence-corrected chi connectivity index (χ0v) is 18.9. The Morgan fingerprint density at radius 2 is 1.69 bits per heavy atom. The monoisotopic (exact) mass is 473 g/mol. The predicted molar refractivity (Wildman–Crippen MR) is 125 cm³/mol. The number of benzene rings is 2. The van der Waals surface area contributed by atoms with E-state index >= 15 is 0 Å². The molecule has 4 aliphatic carbocycles. The van der Waals surface area contributed by atoms with Crippen molar-refractivity contribution in [2.45, 2.75) is 13.0 Å². The van der Waals surface area contributed by atoms with Crippen LogP contribution in [0.1, 0.15) is 17.5 Å². The van der Waals surface area contributed by atoms with E-state index in [1.165, 1.54) is 25.5 Å². The van der Waals surface area contributed by atoms with Gasteiger partial charge in [0.15, 0.2) is 11.5 Å². The second-order valence-electron chi connectivity index (χ2n) is 9.51. The van der Waals surface area contributed by atoms with Crippen LogP contribution in [-0.4, -0.2) is 35.1 Å². The Balaban J connectivity index is 1.15. The maximum Gasteiger partial charge on any atom is 0.269 e. The first-order chi connectivity index (χ1) is 17.0. The lowest BCUT2D eigenvalue weighted by molar-refractivity contribution is -0.384. The third-order valence-corrected chi connectivity index (χ3v) is 7.69. The van der Waals surface area contributed by atoms with E-state index in [1.54, 1.807) is 30.3 Å². The highest BCUT2D eigenvalue weighted by Crippen LogP contribution is 2.65. The summed E-state index contributed by atoms with van der Waals surface area (Å²) in [5.74, 6) is 1.44. The minimum atomic E-state index is -0.450. The van der Waals surface area contributed by atoms with Crippen molar-refractivity contribution in [2.24, 2.45) is 40.6 Å². The highest BCUT2D eigenvalue weighted by Gasteiger charge is 2.67. The summed E-state index contributed by atoms with van der Waals surface area (Å²) in [7, 11) is 1.52. The molecule has 2 aromatic rings. The molecule has 9 heteroatoms. The third kappa shape index (κ3) is 3.50. The number of hydrogen-bond acceptors (Lipinski definition) is 7. The highest BCUT2D eigenvalue weighted by molar-refractivity contribution is 6.06. The second kappa shape index (κ2) is 8.04. The average molecular weight is 473 g/mol. The second-order valence-corrected chi connectivity index (χ2v) is 9.51. The van der Waals surface area contributed by atoms with Gasteiger partial charge in [-0.2, -0.15) is 10.1 Å². The lowest BCUT2D eigenvalue weighted by atomic mass is 9.63. The van der Waals surface area contributed by atoms with Crippen LogP contribution < -0.4 is 9.47 Å². The molecule has 6 atom stereocenters. The van der Waals surface area contributed by atoms with Gasteiger partial charge in [0, 0.05) is 12.1 Å². The van der Waals surface area contributed by atoms with Gasteiger partial charge in [-0.25, -0.2) is 0 Å². The minimum absolute atomic E-state index is 0.0184. The Hall–Kier alpha value is -4.01. The van der Waals surface area contributed by atoms with E-state index in [2.05, 4.69) is 17.3 Å². The summed E-state index contributed by atoms with van der Waals surface area (Å²) in [6.07, 6.45) is 6.89. The van der Waals surface area contributed by atoms with E-state index in [9.17, 15) is 19.7 Å². The summed E-state index contributed by atoms with van der Waals surface area (Å²) >= 11 is 0. The fourth-order valence-corrected chi connectivity index (χ4v) is 5.94. The summed E-state index contributed by atoms with van der Waals surface area (Å²) in [5.41, 5.74) is 1.45. The fourth-order valence-electron chi connectivity index (χ4n) is 5.94. The van der Waals surface area contributed by atoms with Gasteiger partial charge in [0.2, 0.25) is 0 Å². The van der Waals surface area contributed by atoms with Crippen LogP contribution in [0.2, 0.25) is 0 Å². The van der Waals surface area contributed by atoms with E-state index in [0.29, 0.717) is 28.9 Å². The zero-order chi connectivity index (χ0) is 24.3. The van der Waals surface area contributed by atoms with Gasteiger partial charge in [-0.15, -0.1) is 0 Å². The Morgan fingerprint density at radius 3 is 2.29 bits per heavy atom. The number of ether oxygens (including phenoxy) is 2. The van der Waals surface area contributed by atoms with Crippen LogP contribution in [-0.2, 0) is 16.2 Å². The van der Waals surface area contributed by atoms with Crippen molar-refractivity contribution in [3.05, 3.63) is 75.9 Å². The molecular weight excluding hydrogens is 450 g/mol. The van der Waals surface area contributed by atoms with Crippen molar-refractivity contribution < 1.29 is 24.0 Å². The number of methoxy groups -OCH3 is 1. The van der Waals surface area contributed by atoms with E-state index in [-0.39, 0.29) is 47.8 Å². The van der Waals surface area contributed by atoms with Crippen molar-refractivity contribution in [3.8, 4) is 11.5 Å². The summed E-state index contributed by atoms with van der Waals surface area (Å²) in [6.45, 7) is 0.208. The van der Waals surface area contributed by atoms with Crippen LogP contribution in [0.15, 0.2) is 59.7 Å². The highest BCUT2D eigenvalue weighted by atomic mass is 16.6. The normalized spacial score (nSPS) is 29.9. The van der Waals surface area contributed by atoms with Gasteiger partial charge in [-0.05, 0) is 71.6 Å². The molecule has 2 saturated carbocycles. The average Bonchev–Trinajstić information content (AvgIpc) is 3.66. The molecule has 2 amide bonds. The Bertz CT molecular complexity index is 1250. The summed E-state index contributed by atoms with van der Waals surface area (Å²) in [5, 5.41) is 16.1. The predicted octanol–water partition coefficient (Wildman–Crippen LogP) is 3.57. The number of allylic oxidation sites excluding steroid dienone is 2. The van der Waals surface area contributed by atoms with Gasteiger partial charge in [0.1, 0.15) is 6.61 Å². The van der Waals surface area contributed by atoms with Crippen LogP contribution in [0.4, 0.5) is 5.69 Å². The van der Waals surface area contributed by atoms with Gasteiger partial charge in [0.05, 0.1) is 30.1 Å². The molecular formula is C26H23N3O6. The topological polar surface area (TPSA) is 111 Å². The van der Waals surface area contributed by atoms with Crippen LogP contribution in [0.3, 0.4) is 0 Å². The van der Waals surface area contributed by atoms with E-state index in [1.807, 2.05) is 0 Å². The number of non-ortho nitro benzene ring substituents is 1. The lowest BCUT2D eigenvalue weighted by Crippen LogP contribution is -2.40. The maximum absolute atomic E-state index is 13.1. The van der Waals surface area contributed by atoms with Crippen molar-refractivity contribution in [3.63, 3.8) is 0 Å². The van der Waals surface area contributed by atoms with Gasteiger partial charge in [-0.1, -0.05) is 12.2 Å². The van der Waals surface area contributed by atoms with Gasteiger partial charge in [0.25, 0.3) is 17.5 Å². The molecule has 1 aliphatic heterocycles. The first kappa shape index (κ1) is 21.5. The Labute approximate surface area is 201 Å². The molecule has 5 aliphatic rings. The first-order valence-electron chi connectivity index (χ1n) is 11.6. The van der Waals surface area contributed by atoms with Gasteiger partial charge >= 0.3 is 0 Å². The standard InChI is InChI=1S/C26H23N3O6/c1-34-22-10-15(4-9-21(22)35-13-14-2-5-16(6-3-14)29(32)33)12-27-28-25(30)23-17-7-8-18(20-11-19(17)20)24(23)26(28)31/h2-10,12,17-20,23-24H,11,13H2,1H3/b27-12-/t17-,18-,19-,20+,23-,24+/m0/s1. The van der Waals surface area contributed by atoms with Crippen LogP contribution in [0.25, 0.3) is 0 Å². The van der Waals surface area contributed by atoms with Crippen molar-refractivity contribution >= 4 is 23.7 Å². The molecule has 3 fully saturated rings. The van der Waals surface area contributed by atoms with Crippen molar-refractivity contribution in [1.29, 1.82) is 0 Å². The van der Waals surface area contributed by atoms with Crippen molar-refractivity contribution in [1.82, 2.24) is 5.01 Å².